The van der Waals surface area contributed by atoms with Crippen LogP contribution in [0.3, 0.4) is 0 Å². The number of aromatic nitrogens is 1. The first-order valence-electron chi connectivity index (χ1n) is 11.7. The van der Waals surface area contributed by atoms with Crippen LogP contribution in [0.1, 0.15) is 62.9 Å². The van der Waals surface area contributed by atoms with E-state index < -0.39 is 5.60 Å². The molecule has 0 spiro atoms. The van der Waals surface area contributed by atoms with Gasteiger partial charge in [0.2, 0.25) is 5.88 Å². The van der Waals surface area contributed by atoms with Gasteiger partial charge >= 0.3 is 12.1 Å². The van der Waals surface area contributed by atoms with Crippen LogP contribution < -0.4 is 4.74 Å². The Bertz CT molecular complexity index is 980. The highest BCUT2D eigenvalue weighted by atomic mass is 79.9. The lowest BCUT2D eigenvalue weighted by Crippen LogP contribution is -2.41. The number of esters is 1. The summed E-state index contributed by atoms with van der Waals surface area (Å²) in [7, 11) is 0. The van der Waals surface area contributed by atoms with Gasteiger partial charge in [-0.05, 0) is 99.0 Å². The summed E-state index contributed by atoms with van der Waals surface area (Å²) in [5.74, 6) is 1.28. The van der Waals surface area contributed by atoms with Crippen molar-refractivity contribution in [2.24, 2.45) is 5.92 Å². The quantitative estimate of drug-likeness (QED) is 0.384. The number of pyridine rings is 1. The third-order valence-electron chi connectivity index (χ3n) is 5.56. The van der Waals surface area contributed by atoms with Gasteiger partial charge in [-0.1, -0.05) is 6.07 Å². The maximum absolute atomic E-state index is 12.2. The zero-order chi connectivity index (χ0) is 24.7. The number of carbonyl (C=O) groups excluding carboxylic acids is 2. The zero-order valence-corrected chi connectivity index (χ0v) is 21.9. The van der Waals surface area contributed by atoms with Crippen molar-refractivity contribution in [3.8, 4) is 11.6 Å². The van der Waals surface area contributed by atoms with Crippen molar-refractivity contribution < 1.29 is 23.8 Å². The van der Waals surface area contributed by atoms with E-state index in [4.69, 9.17) is 14.2 Å². The molecule has 34 heavy (non-hydrogen) atoms. The van der Waals surface area contributed by atoms with E-state index in [1.54, 1.807) is 25.1 Å². The molecule has 1 aliphatic heterocycles. The highest BCUT2D eigenvalue weighted by Crippen LogP contribution is 2.30. The Hall–Kier alpha value is -2.61. The number of nitrogens with zero attached hydrogens (tertiary/aromatic N) is 2. The van der Waals surface area contributed by atoms with Crippen molar-refractivity contribution >= 4 is 28.0 Å². The Morgan fingerprint density at radius 2 is 1.88 bits per heavy atom. The lowest BCUT2D eigenvalue weighted by Gasteiger charge is -2.33. The highest BCUT2D eigenvalue weighted by Gasteiger charge is 2.26. The van der Waals surface area contributed by atoms with Crippen molar-refractivity contribution in [2.75, 3.05) is 19.7 Å². The average Bonchev–Trinajstić information content (AvgIpc) is 2.79. The van der Waals surface area contributed by atoms with Crippen LogP contribution in [0.2, 0.25) is 0 Å². The normalized spacial score (nSPS) is 14.6. The molecular formula is C26H33BrN2O5. The lowest BCUT2D eigenvalue weighted by atomic mass is 9.91. The van der Waals surface area contributed by atoms with Gasteiger partial charge < -0.3 is 19.1 Å². The lowest BCUT2D eigenvalue weighted by molar-refractivity contribution is 0.0181. The monoisotopic (exact) mass is 532 g/mol. The number of halogens is 1. The second-order valence-corrected chi connectivity index (χ2v) is 10.3. The molecule has 0 aliphatic carbocycles. The standard InChI is InChI=1S/C26H33BrN2O5/c1-5-32-24(30)20-9-10-22(21(27)16-20)33-23-11-8-19(17-28-23)7-6-18-12-14-29(15-13-18)25(31)34-26(2,3)4/h8-11,16-18H,5-7,12-15H2,1-4H3. The largest absolute Gasteiger partial charge is 0.462 e. The first kappa shape index (κ1) is 26.0. The van der Waals surface area contributed by atoms with Crippen LogP contribution in [0.25, 0.3) is 0 Å². The number of likely N-dealkylation sites (tertiary alicyclic amines) is 1. The number of ether oxygens (including phenoxy) is 3. The van der Waals surface area contributed by atoms with Gasteiger partial charge in [-0.25, -0.2) is 14.6 Å². The molecule has 1 fully saturated rings. The number of rotatable bonds is 7. The summed E-state index contributed by atoms with van der Waals surface area (Å²) in [6.07, 6.45) is 5.60. The molecule has 1 aromatic heterocycles. The molecule has 0 unspecified atom stereocenters. The average molecular weight is 533 g/mol. The molecule has 0 saturated carbocycles. The molecule has 1 aromatic carbocycles. The number of hydrogen-bond acceptors (Lipinski definition) is 6. The molecule has 0 radical (unpaired) electrons. The Balaban J connectivity index is 1.46. The second kappa shape index (κ2) is 11.7. The molecule has 3 rings (SSSR count). The minimum absolute atomic E-state index is 0.215. The Morgan fingerprint density at radius 1 is 1.15 bits per heavy atom. The molecule has 0 bridgehead atoms. The molecular weight excluding hydrogens is 500 g/mol. The Labute approximate surface area is 209 Å². The van der Waals surface area contributed by atoms with E-state index >= 15 is 0 Å². The number of hydrogen-bond donors (Lipinski definition) is 0. The number of amides is 1. The first-order chi connectivity index (χ1) is 16.1. The second-order valence-electron chi connectivity index (χ2n) is 9.42. The van der Waals surface area contributed by atoms with Gasteiger partial charge in [0.1, 0.15) is 11.4 Å². The molecule has 0 N–H and O–H groups in total. The van der Waals surface area contributed by atoms with Crippen molar-refractivity contribution in [1.82, 2.24) is 9.88 Å². The SMILES string of the molecule is CCOC(=O)c1ccc(Oc2ccc(CCC3CCN(C(=O)OC(C)(C)C)CC3)cn2)c(Br)c1. The van der Waals surface area contributed by atoms with Crippen LogP contribution >= 0.6 is 15.9 Å². The van der Waals surface area contributed by atoms with Crippen molar-refractivity contribution in [3.63, 3.8) is 0 Å². The van der Waals surface area contributed by atoms with Gasteiger partial charge in [-0.3, -0.25) is 0 Å². The predicted octanol–water partition coefficient (Wildman–Crippen LogP) is 6.39. The molecule has 8 heteroatoms. The van der Waals surface area contributed by atoms with Gasteiger partial charge in [-0.15, -0.1) is 0 Å². The third-order valence-corrected chi connectivity index (χ3v) is 6.18. The van der Waals surface area contributed by atoms with E-state index in [9.17, 15) is 9.59 Å². The maximum atomic E-state index is 12.2. The van der Waals surface area contributed by atoms with E-state index in [1.807, 2.05) is 44.0 Å². The van der Waals surface area contributed by atoms with Crippen LogP contribution in [0.15, 0.2) is 41.0 Å². The number of carbonyl (C=O) groups is 2. The van der Waals surface area contributed by atoms with Crippen LogP contribution in [-0.2, 0) is 15.9 Å². The molecule has 1 saturated heterocycles. The van der Waals surface area contributed by atoms with E-state index in [0.717, 1.165) is 44.3 Å². The van der Waals surface area contributed by atoms with Gasteiger partial charge in [0.15, 0.2) is 0 Å². The van der Waals surface area contributed by atoms with E-state index in [2.05, 4.69) is 20.9 Å². The van der Waals surface area contributed by atoms with Crippen LogP contribution in [-0.4, -0.2) is 47.2 Å². The van der Waals surface area contributed by atoms with Crippen LogP contribution in [0.5, 0.6) is 11.6 Å². The van der Waals surface area contributed by atoms with Crippen LogP contribution in [0, 0.1) is 5.92 Å². The molecule has 0 atom stereocenters. The molecule has 184 valence electrons. The number of aryl methyl sites for hydroxylation is 1. The first-order valence-corrected chi connectivity index (χ1v) is 12.5. The highest BCUT2D eigenvalue weighted by molar-refractivity contribution is 9.10. The summed E-state index contributed by atoms with van der Waals surface area (Å²) in [5, 5.41) is 0. The fourth-order valence-corrected chi connectivity index (χ4v) is 4.22. The predicted molar refractivity (Wildman–Crippen MR) is 133 cm³/mol. The van der Waals surface area contributed by atoms with E-state index in [1.165, 1.54) is 0 Å². The number of benzene rings is 1. The van der Waals surface area contributed by atoms with Gasteiger partial charge in [0.05, 0.1) is 16.6 Å². The minimum Gasteiger partial charge on any atom is -0.462 e. The molecule has 1 aliphatic rings. The summed E-state index contributed by atoms with van der Waals surface area (Å²) in [6, 6.07) is 8.94. The van der Waals surface area contributed by atoms with Gasteiger partial charge in [0, 0.05) is 25.4 Å². The minimum atomic E-state index is -0.459. The third kappa shape index (κ3) is 7.72. The topological polar surface area (TPSA) is 78.0 Å². The molecule has 7 nitrogen and oxygen atoms in total. The summed E-state index contributed by atoms with van der Waals surface area (Å²) < 4.78 is 17.0. The maximum Gasteiger partial charge on any atom is 0.410 e. The fraction of sp³-hybridized carbons (Fsp3) is 0.500. The van der Waals surface area contributed by atoms with Gasteiger partial charge in [0.25, 0.3) is 0 Å². The molecule has 1 amide bonds. The smallest absolute Gasteiger partial charge is 0.410 e. The summed E-state index contributed by atoms with van der Waals surface area (Å²) in [5.41, 5.74) is 1.15. The Morgan fingerprint density at radius 3 is 2.47 bits per heavy atom. The summed E-state index contributed by atoms with van der Waals surface area (Å²) >= 11 is 3.44. The van der Waals surface area contributed by atoms with Crippen molar-refractivity contribution in [1.29, 1.82) is 0 Å². The van der Waals surface area contributed by atoms with Crippen molar-refractivity contribution in [2.45, 2.75) is 59.0 Å². The Kier molecular flexibility index (Phi) is 8.94. The number of piperidine rings is 1. The summed E-state index contributed by atoms with van der Waals surface area (Å²) in [6.45, 7) is 9.27. The molecule has 2 heterocycles. The summed E-state index contributed by atoms with van der Waals surface area (Å²) in [4.78, 5) is 30.3. The zero-order valence-electron chi connectivity index (χ0n) is 20.3. The van der Waals surface area contributed by atoms with Crippen molar-refractivity contribution in [3.05, 3.63) is 52.1 Å². The van der Waals surface area contributed by atoms with E-state index in [-0.39, 0.29) is 12.1 Å². The fourth-order valence-electron chi connectivity index (χ4n) is 3.76. The van der Waals surface area contributed by atoms with Gasteiger partial charge in [-0.2, -0.15) is 0 Å². The van der Waals surface area contributed by atoms with E-state index in [0.29, 0.717) is 34.2 Å². The molecule has 2 aromatic rings. The van der Waals surface area contributed by atoms with Crippen LogP contribution in [0.4, 0.5) is 4.79 Å².